The summed E-state index contributed by atoms with van der Waals surface area (Å²) in [5.74, 6) is -0.125. The fourth-order valence-electron chi connectivity index (χ4n) is 3.98. The number of nitrogens with one attached hydrogen (secondary N) is 1. The molecule has 1 heterocycles. The minimum Gasteiger partial charge on any atom is -0.349 e. The number of sulfonamides is 1. The van der Waals surface area contributed by atoms with E-state index in [1.54, 1.807) is 12.1 Å². The van der Waals surface area contributed by atoms with Crippen molar-refractivity contribution in [2.45, 2.75) is 37.6 Å². The number of aryl methyl sites for hydroxylation is 2. The van der Waals surface area contributed by atoms with E-state index in [-0.39, 0.29) is 11.9 Å². The first kappa shape index (κ1) is 22.2. The molecule has 0 aliphatic carbocycles. The SMILES string of the molecule is Cc1ccc(S(=O)(=O)N2CCC(NC(=O)c3ccc(-c4ccccc4)cc3)CC2)cc1C. The number of hydrogen-bond acceptors (Lipinski definition) is 3. The molecule has 1 N–H and O–H groups in total. The van der Waals surface area contributed by atoms with Gasteiger partial charge in [-0.15, -0.1) is 0 Å². The van der Waals surface area contributed by atoms with Crippen molar-refractivity contribution in [1.29, 1.82) is 0 Å². The molecule has 5 nitrogen and oxygen atoms in total. The highest BCUT2D eigenvalue weighted by molar-refractivity contribution is 7.89. The third kappa shape index (κ3) is 4.76. The zero-order chi connectivity index (χ0) is 22.7. The lowest BCUT2D eigenvalue weighted by molar-refractivity contribution is 0.0924. The maximum atomic E-state index is 13.0. The van der Waals surface area contributed by atoms with Crippen molar-refractivity contribution in [3.05, 3.63) is 89.5 Å². The lowest BCUT2D eigenvalue weighted by atomic mass is 10.0. The Morgan fingerprint density at radius 2 is 1.47 bits per heavy atom. The number of carbonyl (C=O) groups is 1. The molecule has 1 amide bonds. The van der Waals surface area contributed by atoms with Gasteiger partial charge in [-0.05, 0) is 73.2 Å². The van der Waals surface area contributed by atoms with Gasteiger partial charge in [0.05, 0.1) is 4.90 Å². The fraction of sp³-hybridized carbons (Fsp3) is 0.269. The number of benzene rings is 3. The molecule has 0 aromatic heterocycles. The van der Waals surface area contributed by atoms with E-state index in [0.717, 1.165) is 22.3 Å². The van der Waals surface area contributed by atoms with Crippen LogP contribution in [-0.2, 0) is 10.0 Å². The van der Waals surface area contributed by atoms with Crippen LogP contribution in [0.25, 0.3) is 11.1 Å². The summed E-state index contributed by atoms with van der Waals surface area (Å²) in [4.78, 5) is 13.0. The monoisotopic (exact) mass is 448 g/mol. The van der Waals surface area contributed by atoms with Gasteiger partial charge in [0.25, 0.3) is 5.91 Å². The molecule has 166 valence electrons. The van der Waals surface area contributed by atoms with Crippen molar-refractivity contribution in [3.8, 4) is 11.1 Å². The molecule has 3 aromatic carbocycles. The van der Waals surface area contributed by atoms with Crippen molar-refractivity contribution in [1.82, 2.24) is 9.62 Å². The van der Waals surface area contributed by atoms with Crippen LogP contribution in [0.4, 0.5) is 0 Å². The van der Waals surface area contributed by atoms with Crippen LogP contribution in [-0.4, -0.2) is 37.8 Å². The number of rotatable bonds is 5. The number of nitrogens with zero attached hydrogens (tertiary/aromatic N) is 1. The highest BCUT2D eigenvalue weighted by Crippen LogP contribution is 2.23. The van der Waals surface area contributed by atoms with Crippen molar-refractivity contribution in [3.63, 3.8) is 0 Å². The standard InChI is InChI=1S/C26H28N2O3S/c1-19-8-13-25(18-20(19)2)32(30,31)28-16-14-24(15-17-28)27-26(29)23-11-9-22(10-12-23)21-6-4-3-5-7-21/h3-13,18,24H,14-17H2,1-2H3,(H,27,29). The van der Waals surface area contributed by atoms with Gasteiger partial charge in [-0.1, -0.05) is 48.5 Å². The molecule has 32 heavy (non-hydrogen) atoms. The Labute approximate surface area is 190 Å². The molecule has 0 radical (unpaired) electrons. The van der Waals surface area contributed by atoms with Gasteiger partial charge in [-0.3, -0.25) is 4.79 Å². The fourth-order valence-corrected chi connectivity index (χ4v) is 5.53. The van der Waals surface area contributed by atoms with Crippen LogP contribution < -0.4 is 5.32 Å². The largest absolute Gasteiger partial charge is 0.349 e. The van der Waals surface area contributed by atoms with E-state index in [4.69, 9.17) is 0 Å². The molecule has 4 rings (SSSR count). The molecule has 0 spiro atoms. The first-order chi connectivity index (χ1) is 15.3. The number of piperidine rings is 1. The number of hydrogen-bond donors (Lipinski definition) is 1. The zero-order valence-corrected chi connectivity index (χ0v) is 19.2. The Morgan fingerprint density at radius 1 is 0.844 bits per heavy atom. The lowest BCUT2D eigenvalue weighted by Crippen LogP contribution is -2.46. The predicted octanol–water partition coefficient (Wildman–Crippen LogP) is 4.55. The Morgan fingerprint density at radius 3 is 2.09 bits per heavy atom. The Hall–Kier alpha value is -2.96. The van der Waals surface area contributed by atoms with E-state index in [0.29, 0.717) is 36.4 Å². The average Bonchev–Trinajstić information content (AvgIpc) is 2.82. The maximum Gasteiger partial charge on any atom is 0.251 e. The minimum atomic E-state index is -3.52. The highest BCUT2D eigenvalue weighted by atomic mass is 32.2. The van der Waals surface area contributed by atoms with Crippen LogP contribution in [0.1, 0.15) is 34.3 Å². The molecule has 0 saturated carbocycles. The second-order valence-electron chi connectivity index (χ2n) is 8.34. The molecule has 6 heteroatoms. The maximum absolute atomic E-state index is 13.0. The van der Waals surface area contributed by atoms with Gasteiger partial charge in [-0.2, -0.15) is 4.31 Å². The third-order valence-electron chi connectivity index (χ3n) is 6.16. The molecule has 3 aromatic rings. The molecule has 0 unspecified atom stereocenters. The van der Waals surface area contributed by atoms with Crippen molar-refractivity contribution >= 4 is 15.9 Å². The number of carbonyl (C=O) groups excluding carboxylic acids is 1. The number of amides is 1. The van der Waals surface area contributed by atoms with Gasteiger partial charge < -0.3 is 5.32 Å². The lowest BCUT2D eigenvalue weighted by Gasteiger charge is -2.31. The van der Waals surface area contributed by atoms with Crippen LogP contribution in [0.5, 0.6) is 0 Å². The summed E-state index contributed by atoms with van der Waals surface area (Å²) >= 11 is 0. The molecule has 1 fully saturated rings. The van der Waals surface area contributed by atoms with E-state index < -0.39 is 10.0 Å². The van der Waals surface area contributed by atoms with Crippen LogP contribution in [0.2, 0.25) is 0 Å². The Balaban J connectivity index is 1.35. The third-order valence-corrected chi connectivity index (χ3v) is 8.05. The van der Waals surface area contributed by atoms with Gasteiger partial charge in [0, 0.05) is 24.7 Å². The summed E-state index contributed by atoms with van der Waals surface area (Å²) in [7, 11) is -3.52. The van der Waals surface area contributed by atoms with Crippen LogP contribution in [0.3, 0.4) is 0 Å². The molecule has 1 aliphatic rings. The molecule has 1 aliphatic heterocycles. The smallest absolute Gasteiger partial charge is 0.251 e. The summed E-state index contributed by atoms with van der Waals surface area (Å²) in [6, 6.07) is 22.8. The predicted molar refractivity (Wildman–Crippen MR) is 127 cm³/mol. The summed E-state index contributed by atoms with van der Waals surface area (Å²) in [5, 5.41) is 3.06. The summed E-state index contributed by atoms with van der Waals surface area (Å²) in [6.45, 7) is 4.68. The van der Waals surface area contributed by atoms with Crippen molar-refractivity contribution < 1.29 is 13.2 Å². The molecular weight excluding hydrogens is 420 g/mol. The zero-order valence-electron chi connectivity index (χ0n) is 18.4. The van der Waals surface area contributed by atoms with Crippen LogP contribution >= 0.6 is 0 Å². The van der Waals surface area contributed by atoms with E-state index in [1.165, 1.54) is 4.31 Å². The summed E-state index contributed by atoms with van der Waals surface area (Å²) in [5.41, 5.74) is 4.81. The first-order valence-electron chi connectivity index (χ1n) is 10.9. The van der Waals surface area contributed by atoms with Gasteiger partial charge in [0.15, 0.2) is 0 Å². The Bertz CT molecular complexity index is 1200. The van der Waals surface area contributed by atoms with E-state index in [2.05, 4.69) is 5.32 Å². The van der Waals surface area contributed by atoms with E-state index in [1.807, 2.05) is 74.5 Å². The summed E-state index contributed by atoms with van der Waals surface area (Å²) < 4.78 is 27.5. The minimum absolute atomic E-state index is 0.0393. The van der Waals surface area contributed by atoms with E-state index >= 15 is 0 Å². The molecule has 0 atom stereocenters. The molecule has 1 saturated heterocycles. The van der Waals surface area contributed by atoms with Crippen LogP contribution in [0.15, 0.2) is 77.7 Å². The van der Waals surface area contributed by atoms with Gasteiger partial charge in [0.1, 0.15) is 0 Å². The van der Waals surface area contributed by atoms with E-state index in [9.17, 15) is 13.2 Å². The Kier molecular flexibility index (Phi) is 6.44. The van der Waals surface area contributed by atoms with Crippen LogP contribution in [0, 0.1) is 13.8 Å². The average molecular weight is 449 g/mol. The normalized spacial score (nSPS) is 15.4. The first-order valence-corrected chi connectivity index (χ1v) is 12.3. The molecule has 0 bridgehead atoms. The van der Waals surface area contributed by atoms with Crippen molar-refractivity contribution in [2.24, 2.45) is 0 Å². The molecular formula is C26H28N2O3S. The van der Waals surface area contributed by atoms with Gasteiger partial charge >= 0.3 is 0 Å². The second kappa shape index (κ2) is 9.27. The highest BCUT2D eigenvalue weighted by Gasteiger charge is 2.30. The quantitative estimate of drug-likeness (QED) is 0.623. The summed E-state index contributed by atoms with van der Waals surface area (Å²) in [6.07, 6.45) is 1.19. The van der Waals surface area contributed by atoms with Gasteiger partial charge in [0.2, 0.25) is 10.0 Å². The topological polar surface area (TPSA) is 66.5 Å². The second-order valence-corrected chi connectivity index (χ2v) is 10.3. The van der Waals surface area contributed by atoms with Crippen molar-refractivity contribution in [2.75, 3.05) is 13.1 Å². The van der Waals surface area contributed by atoms with Gasteiger partial charge in [-0.25, -0.2) is 8.42 Å².